The zero-order chi connectivity index (χ0) is 12.3. The molecule has 1 aliphatic rings. The molecule has 0 aromatic heterocycles. The van der Waals surface area contributed by atoms with Crippen LogP contribution in [0.5, 0.6) is 0 Å². The molecule has 94 valence electrons. The minimum absolute atomic E-state index is 0.0372. The lowest BCUT2D eigenvalue weighted by molar-refractivity contribution is 0.0330. The van der Waals surface area contributed by atoms with Crippen LogP contribution in [0.3, 0.4) is 0 Å². The van der Waals surface area contributed by atoms with Crippen molar-refractivity contribution in [2.75, 3.05) is 23.9 Å². The molecule has 0 radical (unpaired) electrons. The molecule has 1 heterocycles. The van der Waals surface area contributed by atoms with Gasteiger partial charge < -0.3 is 15.1 Å². The summed E-state index contributed by atoms with van der Waals surface area (Å²) >= 11 is 5.59. The number of benzene rings is 1. The molecule has 2 atom stereocenters. The summed E-state index contributed by atoms with van der Waals surface area (Å²) in [5, 5.41) is 19.7. The van der Waals surface area contributed by atoms with Gasteiger partial charge in [0.05, 0.1) is 12.0 Å². The molecule has 1 saturated heterocycles. The van der Waals surface area contributed by atoms with Crippen LogP contribution >= 0.6 is 11.6 Å². The van der Waals surface area contributed by atoms with Crippen molar-refractivity contribution >= 4 is 17.3 Å². The lowest BCUT2D eigenvalue weighted by atomic mass is 10.0. The van der Waals surface area contributed by atoms with Gasteiger partial charge in [-0.3, -0.25) is 0 Å². The summed E-state index contributed by atoms with van der Waals surface area (Å²) in [7, 11) is 0. The first-order chi connectivity index (χ1) is 8.24. The highest BCUT2D eigenvalue weighted by Gasteiger charge is 2.23. The molecule has 4 heteroatoms. The fourth-order valence-corrected chi connectivity index (χ4v) is 2.44. The van der Waals surface area contributed by atoms with Gasteiger partial charge in [0.1, 0.15) is 6.10 Å². The summed E-state index contributed by atoms with van der Waals surface area (Å²) in [6, 6.07) is 7.68. The van der Waals surface area contributed by atoms with E-state index in [1.54, 1.807) is 0 Å². The first kappa shape index (κ1) is 12.7. The number of rotatable bonds is 4. The van der Waals surface area contributed by atoms with Crippen LogP contribution in [0.25, 0.3) is 0 Å². The molecule has 1 fully saturated rings. The summed E-state index contributed by atoms with van der Waals surface area (Å²) in [6.07, 6.45) is 0.537. The Bertz CT molecular complexity index is 366. The average molecular weight is 256 g/mol. The molecule has 1 aromatic rings. The number of hydrogen-bond acceptors (Lipinski definition) is 3. The van der Waals surface area contributed by atoms with Crippen LogP contribution in [0.1, 0.15) is 24.5 Å². The Balaban J connectivity index is 2.26. The zero-order valence-electron chi connectivity index (χ0n) is 9.72. The second-order valence-electron chi connectivity index (χ2n) is 4.42. The smallest absolute Gasteiger partial charge is 0.108 e. The Labute approximate surface area is 107 Å². The lowest BCUT2D eigenvalue weighted by Crippen LogP contribution is -2.24. The fraction of sp³-hybridized carbons (Fsp3) is 0.538. The van der Waals surface area contributed by atoms with Crippen molar-refractivity contribution in [1.82, 2.24) is 0 Å². The highest BCUT2D eigenvalue weighted by Crippen LogP contribution is 2.30. The quantitative estimate of drug-likeness (QED) is 0.808. The third-order valence-corrected chi connectivity index (χ3v) is 3.54. The van der Waals surface area contributed by atoms with E-state index in [-0.39, 0.29) is 5.88 Å². The normalized spacial score (nSPS) is 19.4. The highest BCUT2D eigenvalue weighted by molar-refractivity contribution is 6.18. The van der Waals surface area contributed by atoms with E-state index in [0.717, 1.165) is 24.3 Å². The van der Waals surface area contributed by atoms with Gasteiger partial charge in [0.2, 0.25) is 0 Å². The standard InChI is InChI=1S/C13H18ClNO2/c14-9-12(16)13(17)10-5-1-2-6-11(10)15-7-3-4-8-15/h1-2,5-6,12-13,16-17H,3-4,7-9H2. The second-order valence-corrected chi connectivity index (χ2v) is 4.73. The van der Waals surface area contributed by atoms with Crippen LogP contribution in [0, 0.1) is 0 Å². The van der Waals surface area contributed by atoms with Gasteiger partial charge in [-0.1, -0.05) is 18.2 Å². The molecule has 2 N–H and O–H groups in total. The van der Waals surface area contributed by atoms with E-state index in [1.807, 2.05) is 24.3 Å². The molecule has 2 rings (SSSR count). The summed E-state index contributed by atoms with van der Waals surface area (Å²) in [4.78, 5) is 2.25. The van der Waals surface area contributed by atoms with Crippen LogP contribution < -0.4 is 4.90 Å². The highest BCUT2D eigenvalue weighted by atomic mass is 35.5. The summed E-state index contributed by atoms with van der Waals surface area (Å²) in [5.74, 6) is 0.0372. The molecule has 0 bridgehead atoms. The van der Waals surface area contributed by atoms with Crippen LogP contribution in [-0.2, 0) is 0 Å². The molecular formula is C13H18ClNO2. The number of anilines is 1. The van der Waals surface area contributed by atoms with Gasteiger partial charge in [0.15, 0.2) is 0 Å². The SMILES string of the molecule is OC(CCl)C(O)c1ccccc1N1CCCC1. The molecule has 2 unspecified atom stereocenters. The van der Waals surface area contributed by atoms with Gasteiger partial charge in [0, 0.05) is 24.3 Å². The zero-order valence-corrected chi connectivity index (χ0v) is 10.5. The topological polar surface area (TPSA) is 43.7 Å². The second kappa shape index (κ2) is 5.71. The molecule has 3 nitrogen and oxygen atoms in total. The number of aliphatic hydroxyl groups is 2. The Hall–Kier alpha value is -0.770. The van der Waals surface area contributed by atoms with E-state index < -0.39 is 12.2 Å². The predicted octanol–water partition coefficient (Wildman–Crippen LogP) is 1.92. The maximum absolute atomic E-state index is 10.1. The lowest BCUT2D eigenvalue weighted by Gasteiger charge is -2.25. The van der Waals surface area contributed by atoms with Crippen molar-refractivity contribution in [1.29, 1.82) is 0 Å². The van der Waals surface area contributed by atoms with Gasteiger partial charge >= 0.3 is 0 Å². The van der Waals surface area contributed by atoms with Gasteiger partial charge in [0.25, 0.3) is 0 Å². The number of halogens is 1. The Morgan fingerprint density at radius 1 is 1.18 bits per heavy atom. The average Bonchev–Trinajstić information content (AvgIpc) is 2.90. The number of para-hydroxylation sites is 1. The Morgan fingerprint density at radius 2 is 1.82 bits per heavy atom. The van der Waals surface area contributed by atoms with Gasteiger partial charge in [-0.2, -0.15) is 0 Å². The number of alkyl halides is 1. The maximum Gasteiger partial charge on any atom is 0.108 e. The molecule has 17 heavy (non-hydrogen) atoms. The molecule has 0 saturated carbocycles. The van der Waals surface area contributed by atoms with E-state index >= 15 is 0 Å². The summed E-state index contributed by atoms with van der Waals surface area (Å²) in [5.41, 5.74) is 1.78. The van der Waals surface area contributed by atoms with Crippen molar-refractivity contribution in [2.45, 2.75) is 25.0 Å². The molecule has 0 aliphatic carbocycles. The molecular weight excluding hydrogens is 238 g/mol. The monoisotopic (exact) mass is 255 g/mol. The first-order valence-corrected chi connectivity index (χ1v) is 6.53. The van der Waals surface area contributed by atoms with Crippen LogP contribution in [0.4, 0.5) is 5.69 Å². The minimum atomic E-state index is -0.916. The maximum atomic E-state index is 10.1. The van der Waals surface area contributed by atoms with Crippen LogP contribution in [0.2, 0.25) is 0 Å². The van der Waals surface area contributed by atoms with Crippen molar-refractivity contribution in [3.05, 3.63) is 29.8 Å². The van der Waals surface area contributed by atoms with E-state index in [9.17, 15) is 10.2 Å². The fourth-order valence-electron chi connectivity index (χ4n) is 2.28. The van der Waals surface area contributed by atoms with Crippen molar-refractivity contribution in [3.8, 4) is 0 Å². The predicted molar refractivity (Wildman–Crippen MR) is 69.6 cm³/mol. The molecule has 0 amide bonds. The van der Waals surface area contributed by atoms with E-state index in [4.69, 9.17) is 11.6 Å². The van der Waals surface area contributed by atoms with Crippen molar-refractivity contribution in [3.63, 3.8) is 0 Å². The van der Waals surface area contributed by atoms with E-state index in [1.165, 1.54) is 12.8 Å². The van der Waals surface area contributed by atoms with Gasteiger partial charge in [-0.15, -0.1) is 11.6 Å². The van der Waals surface area contributed by atoms with Gasteiger partial charge in [-0.05, 0) is 18.9 Å². The number of aliphatic hydroxyl groups excluding tert-OH is 2. The molecule has 1 aliphatic heterocycles. The van der Waals surface area contributed by atoms with Crippen LogP contribution in [0.15, 0.2) is 24.3 Å². The number of hydrogen-bond donors (Lipinski definition) is 2. The summed E-state index contributed by atoms with van der Waals surface area (Å²) in [6.45, 7) is 2.03. The summed E-state index contributed by atoms with van der Waals surface area (Å²) < 4.78 is 0. The van der Waals surface area contributed by atoms with Crippen molar-refractivity contribution < 1.29 is 10.2 Å². The Morgan fingerprint density at radius 3 is 2.47 bits per heavy atom. The third kappa shape index (κ3) is 2.73. The first-order valence-electron chi connectivity index (χ1n) is 6.00. The largest absolute Gasteiger partial charge is 0.389 e. The molecule has 1 aromatic carbocycles. The van der Waals surface area contributed by atoms with E-state index in [2.05, 4.69) is 4.90 Å². The third-order valence-electron chi connectivity index (χ3n) is 3.22. The van der Waals surface area contributed by atoms with Crippen LogP contribution in [-0.4, -0.2) is 35.3 Å². The Kier molecular flexibility index (Phi) is 4.26. The van der Waals surface area contributed by atoms with Crippen molar-refractivity contribution in [2.24, 2.45) is 0 Å². The van der Waals surface area contributed by atoms with E-state index in [0.29, 0.717) is 0 Å². The molecule has 0 spiro atoms. The minimum Gasteiger partial charge on any atom is -0.389 e. The van der Waals surface area contributed by atoms with Gasteiger partial charge in [-0.25, -0.2) is 0 Å². The number of nitrogens with zero attached hydrogens (tertiary/aromatic N) is 1.